The molecule has 2 N–H and O–H groups in total. The van der Waals surface area contributed by atoms with Crippen LogP contribution in [-0.2, 0) is 11.3 Å². The number of carbonyl (C=O) groups excluding carboxylic acids is 1. The number of nitrogens with zero attached hydrogens (tertiary/aromatic N) is 4. The minimum atomic E-state index is 0. The first-order valence-corrected chi connectivity index (χ1v) is 10.2. The van der Waals surface area contributed by atoms with E-state index < -0.39 is 0 Å². The van der Waals surface area contributed by atoms with Crippen LogP contribution in [0.5, 0.6) is 0 Å². The van der Waals surface area contributed by atoms with Crippen molar-refractivity contribution in [2.45, 2.75) is 13.5 Å². The van der Waals surface area contributed by atoms with Crippen molar-refractivity contribution in [1.82, 2.24) is 25.3 Å². The van der Waals surface area contributed by atoms with E-state index in [2.05, 4.69) is 27.0 Å². The molecular formula is C19H29IN6OS. The van der Waals surface area contributed by atoms with Crippen molar-refractivity contribution in [3.8, 4) is 5.69 Å². The Morgan fingerprint density at radius 1 is 1.25 bits per heavy atom. The summed E-state index contributed by atoms with van der Waals surface area (Å²) >= 11 is 1.76. The predicted molar refractivity (Wildman–Crippen MR) is 128 cm³/mol. The maximum absolute atomic E-state index is 11.9. The van der Waals surface area contributed by atoms with E-state index in [0.717, 1.165) is 29.2 Å². The number of hydrogen-bond acceptors (Lipinski definition) is 4. The zero-order valence-corrected chi connectivity index (χ0v) is 20.0. The molecule has 0 spiro atoms. The van der Waals surface area contributed by atoms with Crippen LogP contribution >= 0.6 is 35.7 Å². The molecule has 1 heterocycles. The number of likely N-dealkylation sites (N-methyl/N-ethyl adjacent to an activating group) is 1. The first-order chi connectivity index (χ1) is 13.0. The van der Waals surface area contributed by atoms with Gasteiger partial charge in [-0.25, -0.2) is 9.67 Å². The van der Waals surface area contributed by atoms with Crippen molar-refractivity contribution in [3.63, 3.8) is 0 Å². The molecule has 9 heteroatoms. The molecule has 7 nitrogen and oxygen atoms in total. The summed E-state index contributed by atoms with van der Waals surface area (Å²) in [5.41, 5.74) is 3.03. The van der Waals surface area contributed by atoms with Crippen molar-refractivity contribution >= 4 is 47.6 Å². The number of carbonyl (C=O) groups is 1. The molecule has 2 rings (SSSR count). The van der Waals surface area contributed by atoms with E-state index in [9.17, 15) is 4.79 Å². The largest absolute Gasteiger partial charge is 0.356 e. The zero-order chi connectivity index (χ0) is 19.6. The van der Waals surface area contributed by atoms with Crippen LogP contribution in [0.25, 0.3) is 5.69 Å². The highest BCUT2D eigenvalue weighted by Gasteiger charge is 2.08. The number of rotatable bonds is 8. The number of aromatic nitrogens is 2. The lowest BCUT2D eigenvalue weighted by Crippen LogP contribution is -2.43. The number of hydrogen-bond donors (Lipinski definition) is 2. The number of halogens is 1. The van der Waals surface area contributed by atoms with Crippen molar-refractivity contribution in [3.05, 3.63) is 47.8 Å². The van der Waals surface area contributed by atoms with E-state index in [1.54, 1.807) is 30.8 Å². The van der Waals surface area contributed by atoms with E-state index in [-0.39, 0.29) is 36.4 Å². The van der Waals surface area contributed by atoms with Gasteiger partial charge in [-0.05, 0) is 30.9 Å². The Kier molecular flexibility index (Phi) is 11.0. The molecule has 0 unspecified atom stereocenters. The summed E-state index contributed by atoms with van der Waals surface area (Å²) in [7, 11) is 3.48. The van der Waals surface area contributed by atoms with Gasteiger partial charge in [0, 0.05) is 32.6 Å². The SMILES string of the molecule is CSCCNC(=NCc1ccccc1-n1ccc(C)n1)NCC(=O)N(C)C.I. The number of guanidine groups is 1. The smallest absolute Gasteiger partial charge is 0.241 e. The number of para-hydroxylation sites is 1. The fraction of sp³-hybridized carbons (Fsp3) is 0.421. The lowest BCUT2D eigenvalue weighted by atomic mass is 10.2. The van der Waals surface area contributed by atoms with E-state index in [1.807, 2.05) is 48.1 Å². The lowest BCUT2D eigenvalue weighted by molar-refractivity contribution is -0.127. The second-order valence-electron chi connectivity index (χ2n) is 6.26. The van der Waals surface area contributed by atoms with Crippen molar-refractivity contribution in [2.75, 3.05) is 39.2 Å². The Labute approximate surface area is 188 Å². The predicted octanol–water partition coefficient (Wildman–Crippen LogP) is 2.29. The first kappa shape index (κ1) is 24.3. The minimum absolute atomic E-state index is 0. The first-order valence-electron chi connectivity index (χ1n) is 8.83. The van der Waals surface area contributed by atoms with Gasteiger partial charge in [0.2, 0.25) is 5.91 Å². The monoisotopic (exact) mass is 516 g/mol. The number of aryl methyl sites for hydroxylation is 1. The normalized spacial score (nSPS) is 10.9. The summed E-state index contributed by atoms with van der Waals surface area (Å²) in [6.45, 7) is 3.44. The molecule has 1 aromatic heterocycles. The van der Waals surface area contributed by atoms with E-state index in [0.29, 0.717) is 12.5 Å². The molecule has 154 valence electrons. The van der Waals surface area contributed by atoms with Crippen molar-refractivity contribution in [1.29, 1.82) is 0 Å². The molecule has 0 fully saturated rings. The molecule has 0 aliphatic carbocycles. The quantitative estimate of drug-likeness (QED) is 0.244. The van der Waals surface area contributed by atoms with Gasteiger partial charge < -0.3 is 15.5 Å². The Balaban J connectivity index is 0.00000392. The fourth-order valence-electron chi connectivity index (χ4n) is 2.34. The molecule has 1 amide bonds. The van der Waals surface area contributed by atoms with Crippen LogP contribution in [0.15, 0.2) is 41.5 Å². The highest BCUT2D eigenvalue weighted by Crippen LogP contribution is 2.15. The number of nitrogens with one attached hydrogen (secondary N) is 2. The van der Waals surface area contributed by atoms with Crippen LogP contribution in [-0.4, -0.2) is 65.7 Å². The standard InChI is InChI=1S/C19H28N6OS.HI/c1-15-9-11-25(23-15)17-8-6-5-7-16(17)13-21-19(20-10-12-27-4)22-14-18(26)24(2)3;/h5-9,11H,10,12-14H2,1-4H3,(H2,20,21,22);1H. The molecule has 0 aliphatic rings. The van der Waals surface area contributed by atoms with E-state index in [1.165, 1.54) is 0 Å². The number of aliphatic imine (C=N–C) groups is 1. The summed E-state index contributed by atoms with van der Waals surface area (Å²) in [5.74, 6) is 1.60. The van der Waals surface area contributed by atoms with Gasteiger partial charge in [-0.2, -0.15) is 16.9 Å². The lowest BCUT2D eigenvalue weighted by Gasteiger charge is -2.15. The molecular weight excluding hydrogens is 487 g/mol. The Bertz CT molecular complexity index is 777. The Morgan fingerprint density at radius 3 is 2.64 bits per heavy atom. The number of amides is 1. The third kappa shape index (κ3) is 7.70. The van der Waals surface area contributed by atoms with E-state index >= 15 is 0 Å². The van der Waals surface area contributed by atoms with Gasteiger partial charge in [-0.3, -0.25) is 4.79 Å². The van der Waals surface area contributed by atoms with Gasteiger partial charge in [0.1, 0.15) is 0 Å². The van der Waals surface area contributed by atoms with Gasteiger partial charge in [0.25, 0.3) is 0 Å². The maximum Gasteiger partial charge on any atom is 0.241 e. The van der Waals surface area contributed by atoms with Crippen LogP contribution in [0.4, 0.5) is 0 Å². The summed E-state index contributed by atoms with van der Waals surface area (Å²) < 4.78 is 1.87. The van der Waals surface area contributed by atoms with Gasteiger partial charge in [-0.1, -0.05) is 18.2 Å². The van der Waals surface area contributed by atoms with Gasteiger partial charge in [0.05, 0.1) is 24.5 Å². The molecule has 0 aliphatic heterocycles. The van der Waals surface area contributed by atoms with Gasteiger partial charge >= 0.3 is 0 Å². The second kappa shape index (κ2) is 12.7. The average Bonchev–Trinajstić information content (AvgIpc) is 3.09. The third-order valence-corrected chi connectivity index (χ3v) is 4.49. The maximum atomic E-state index is 11.9. The molecule has 28 heavy (non-hydrogen) atoms. The Morgan fingerprint density at radius 2 is 2.00 bits per heavy atom. The summed E-state index contributed by atoms with van der Waals surface area (Å²) in [4.78, 5) is 18.1. The summed E-state index contributed by atoms with van der Waals surface area (Å²) in [5, 5.41) is 10.9. The van der Waals surface area contributed by atoms with E-state index in [4.69, 9.17) is 0 Å². The number of thioether (sulfide) groups is 1. The second-order valence-corrected chi connectivity index (χ2v) is 7.24. The molecule has 0 saturated carbocycles. The highest BCUT2D eigenvalue weighted by atomic mass is 127. The van der Waals surface area contributed by atoms with Crippen molar-refractivity contribution < 1.29 is 4.79 Å². The van der Waals surface area contributed by atoms with Gasteiger partial charge in [-0.15, -0.1) is 24.0 Å². The van der Waals surface area contributed by atoms with Crippen LogP contribution in [0.3, 0.4) is 0 Å². The molecule has 2 aromatic rings. The average molecular weight is 516 g/mol. The Hall–Kier alpha value is -1.75. The van der Waals surface area contributed by atoms with Crippen LogP contribution < -0.4 is 10.6 Å². The van der Waals surface area contributed by atoms with Crippen LogP contribution in [0.1, 0.15) is 11.3 Å². The fourth-order valence-corrected chi connectivity index (χ4v) is 2.65. The number of benzene rings is 1. The van der Waals surface area contributed by atoms with Crippen LogP contribution in [0, 0.1) is 6.92 Å². The van der Waals surface area contributed by atoms with Crippen molar-refractivity contribution in [2.24, 2.45) is 4.99 Å². The van der Waals surface area contributed by atoms with Crippen LogP contribution in [0.2, 0.25) is 0 Å². The highest BCUT2D eigenvalue weighted by molar-refractivity contribution is 14.0. The third-order valence-electron chi connectivity index (χ3n) is 3.87. The molecule has 1 aromatic carbocycles. The topological polar surface area (TPSA) is 74.5 Å². The molecule has 0 atom stereocenters. The summed E-state index contributed by atoms with van der Waals surface area (Å²) in [6.07, 6.45) is 4.01. The zero-order valence-electron chi connectivity index (χ0n) is 16.8. The minimum Gasteiger partial charge on any atom is -0.356 e. The molecule has 0 bridgehead atoms. The summed E-state index contributed by atoms with van der Waals surface area (Å²) in [6, 6.07) is 10.0. The van der Waals surface area contributed by atoms with Gasteiger partial charge in [0.15, 0.2) is 5.96 Å². The molecule has 0 radical (unpaired) electrons. The molecule has 0 saturated heterocycles.